The first-order valence-electron chi connectivity index (χ1n) is 4.70. The number of nitrogens with zero attached hydrogens (tertiary/aromatic N) is 6. The van der Waals surface area contributed by atoms with Crippen molar-refractivity contribution in [1.82, 2.24) is 34.7 Å². The van der Waals surface area contributed by atoms with E-state index in [2.05, 4.69) is 30.0 Å². The number of anilines is 1. The van der Waals surface area contributed by atoms with Crippen molar-refractivity contribution in [2.24, 2.45) is 0 Å². The molecule has 0 saturated heterocycles. The third kappa shape index (κ3) is 1.36. The summed E-state index contributed by atoms with van der Waals surface area (Å²) in [5.41, 5.74) is 6.89. The molecule has 0 unspecified atom stereocenters. The summed E-state index contributed by atoms with van der Waals surface area (Å²) < 4.78 is 6.26. The lowest BCUT2D eigenvalue weighted by Crippen LogP contribution is -2.05. The molecule has 9 nitrogen and oxygen atoms in total. The number of H-pyrrole nitrogens is 1. The van der Waals surface area contributed by atoms with Crippen LogP contribution in [0, 0.1) is 0 Å². The quantitative estimate of drug-likeness (QED) is 0.612. The monoisotopic (exact) mass is 232 g/mol. The Hall–Kier alpha value is -2.71. The third-order valence-corrected chi connectivity index (χ3v) is 2.20. The maximum atomic E-state index is 5.72. The number of hydrogen-bond acceptors (Lipinski definition) is 7. The molecule has 0 saturated carbocycles. The van der Waals surface area contributed by atoms with Crippen LogP contribution in [0.3, 0.4) is 0 Å². The van der Waals surface area contributed by atoms with E-state index in [9.17, 15) is 0 Å². The molecule has 3 rings (SSSR count). The second-order valence-corrected chi connectivity index (χ2v) is 3.17. The smallest absolute Gasteiger partial charge is 0.337 e. The highest BCUT2D eigenvalue weighted by molar-refractivity contribution is 5.77. The highest BCUT2D eigenvalue weighted by atomic mass is 16.5. The molecule has 0 aliphatic rings. The molecule has 0 aliphatic heterocycles. The van der Waals surface area contributed by atoms with Gasteiger partial charge in [-0.15, -0.1) is 5.10 Å². The Balaban J connectivity index is 2.26. The van der Waals surface area contributed by atoms with Gasteiger partial charge in [0, 0.05) is 0 Å². The van der Waals surface area contributed by atoms with Gasteiger partial charge in [-0.3, -0.25) is 0 Å². The Labute approximate surface area is 94.7 Å². The van der Waals surface area contributed by atoms with Crippen molar-refractivity contribution >= 4 is 17.1 Å². The van der Waals surface area contributed by atoms with Crippen LogP contribution in [-0.4, -0.2) is 41.8 Å². The van der Waals surface area contributed by atoms with E-state index in [4.69, 9.17) is 10.5 Å². The fourth-order valence-corrected chi connectivity index (χ4v) is 1.46. The molecule has 0 fully saturated rings. The van der Waals surface area contributed by atoms with Gasteiger partial charge >= 0.3 is 6.01 Å². The third-order valence-electron chi connectivity index (χ3n) is 2.20. The number of ether oxygens (including phenoxy) is 1. The fourth-order valence-electron chi connectivity index (χ4n) is 1.46. The number of fused-ring (bicyclic) bond motifs is 1. The first kappa shape index (κ1) is 9.51. The Kier molecular flexibility index (Phi) is 1.90. The summed E-state index contributed by atoms with van der Waals surface area (Å²) in [7, 11) is 1.46. The minimum atomic E-state index is 0.175. The average molecular weight is 232 g/mol. The Morgan fingerprint density at radius 2 is 2.24 bits per heavy atom. The molecular formula is C8H8N8O. The van der Waals surface area contributed by atoms with Gasteiger partial charge in [0.15, 0.2) is 11.5 Å². The molecular weight excluding hydrogens is 224 g/mol. The van der Waals surface area contributed by atoms with E-state index < -0.39 is 0 Å². The molecule has 17 heavy (non-hydrogen) atoms. The second kappa shape index (κ2) is 3.40. The topological polar surface area (TPSA) is 120 Å². The van der Waals surface area contributed by atoms with Crippen molar-refractivity contribution in [3.8, 4) is 11.8 Å². The van der Waals surface area contributed by atoms with Crippen LogP contribution in [-0.2, 0) is 0 Å². The Morgan fingerprint density at radius 3 is 3.00 bits per heavy atom. The van der Waals surface area contributed by atoms with Crippen LogP contribution in [0.15, 0.2) is 12.7 Å². The first-order valence-corrected chi connectivity index (χ1v) is 4.70. The van der Waals surface area contributed by atoms with Crippen LogP contribution in [0.2, 0.25) is 0 Å². The number of hydrogen-bond donors (Lipinski definition) is 2. The number of imidazole rings is 1. The standard InChI is InChI=1S/C8H8N8O/c1-17-8-14-7(9)16(15-8)6-4-5(11-2-10-4)12-3-13-6/h2-3H,1H3,(H2,9,14,15)(H,10,11,12,13). The predicted molar refractivity (Wildman–Crippen MR) is 57.6 cm³/mol. The molecule has 0 spiro atoms. The lowest BCUT2D eigenvalue weighted by atomic mass is 10.5. The van der Waals surface area contributed by atoms with Gasteiger partial charge in [-0.1, -0.05) is 0 Å². The van der Waals surface area contributed by atoms with E-state index in [1.165, 1.54) is 24.4 Å². The zero-order valence-corrected chi connectivity index (χ0v) is 8.82. The van der Waals surface area contributed by atoms with E-state index >= 15 is 0 Å². The number of nitrogens with one attached hydrogen (secondary N) is 1. The molecule has 0 radical (unpaired) electrons. The minimum absolute atomic E-state index is 0.175. The van der Waals surface area contributed by atoms with E-state index in [0.29, 0.717) is 17.0 Å². The van der Waals surface area contributed by atoms with Gasteiger partial charge < -0.3 is 15.5 Å². The summed E-state index contributed by atoms with van der Waals surface area (Å²) in [6.45, 7) is 0. The molecule has 3 N–H and O–H groups in total. The van der Waals surface area contributed by atoms with Gasteiger partial charge in [-0.25, -0.2) is 15.0 Å². The first-order chi connectivity index (χ1) is 8.29. The van der Waals surface area contributed by atoms with Crippen LogP contribution >= 0.6 is 0 Å². The second-order valence-electron chi connectivity index (χ2n) is 3.17. The van der Waals surface area contributed by atoms with E-state index in [1.807, 2.05) is 0 Å². The van der Waals surface area contributed by atoms with Crippen LogP contribution < -0.4 is 10.5 Å². The number of rotatable bonds is 2. The highest BCUT2D eigenvalue weighted by Gasteiger charge is 2.14. The van der Waals surface area contributed by atoms with Gasteiger partial charge in [0.1, 0.15) is 11.8 Å². The fraction of sp³-hybridized carbons (Fsp3) is 0.125. The van der Waals surface area contributed by atoms with E-state index in [0.717, 1.165) is 0 Å². The van der Waals surface area contributed by atoms with Gasteiger partial charge in [-0.2, -0.15) is 9.67 Å². The summed E-state index contributed by atoms with van der Waals surface area (Å²) in [4.78, 5) is 18.9. The van der Waals surface area contributed by atoms with E-state index in [-0.39, 0.29) is 12.0 Å². The molecule has 0 atom stereocenters. The van der Waals surface area contributed by atoms with Crippen molar-refractivity contribution < 1.29 is 4.74 Å². The maximum absolute atomic E-state index is 5.72. The van der Waals surface area contributed by atoms with Crippen molar-refractivity contribution in [2.75, 3.05) is 12.8 Å². The number of nitrogens with two attached hydrogens (primary N) is 1. The Morgan fingerprint density at radius 1 is 1.35 bits per heavy atom. The maximum Gasteiger partial charge on any atom is 0.337 e. The van der Waals surface area contributed by atoms with Crippen LogP contribution in [0.25, 0.3) is 17.0 Å². The highest BCUT2D eigenvalue weighted by Crippen LogP contribution is 2.17. The Bertz CT molecular complexity index is 671. The largest absolute Gasteiger partial charge is 0.466 e. The van der Waals surface area contributed by atoms with Gasteiger partial charge in [0.2, 0.25) is 5.95 Å². The lowest BCUT2D eigenvalue weighted by molar-refractivity contribution is 0.379. The summed E-state index contributed by atoms with van der Waals surface area (Å²) in [5, 5.41) is 4.05. The molecule has 3 heterocycles. The van der Waals surface area contributed by atoms with Crippen molar-refractivity contribution in [2.45, 2.75) is 0 Å². The summed E-state index contributed by atoms with van der Waals surface area (Å²) in [6.07, 6.45) is 2.90. The number of aromatic amines is 1. The molecule has 0 aliphatic carbocycles. The zero-order valence-electron chi connectivity index (χ0n) is 8.82. The predicted octanol–water partition coefficient (Wildman–Crippen LogP) is -0.476. The molecule has 0 aromatic carbocycles. The molecule has 9 heteroatoms. The number of aromatic nitrogens is 7. The van der Waals surface area contributed by atoms with Gasteiger partial charge in [0.25, 0.3) is 0 Å². The van der Waals surface area contributed by atoms with Gasteiger partial charge in [-0.05, 0) is 0 Å². The number of methoxy groups -OCH3 is 1. The van der Waals surface area contributed by atoms with Crippen molar-refractivity contribution in [3.63, 3.8) is 0 Å². The normalized spacial score (nSPS) is 10.9. The van der Waals surface area contributed by atoms with Crippen LogP contribution in [0.4, 0.5) is 5.95 Å². The summed E-state index contributed by atoms with van der Waals surface area (Å²) in [5.74, 6) is 0.650. The lowest BCUT2D eigenvalue weighted by Gasteiger charge is -2.00. The molecule has 0 bridgehead atoms. The zero-order chi connectivity index (χ0) is 11.8. The number of nitrogen functional groups attached to an aromatic ring is 1. The SMILES string of the molecule is COc1nc(N)n(-c2ncnc3nc[nH]c23)n1. The molecule has 0 amide bonds. The summed E-state index contributed by atoms with van der Waals surface area (Å²) >= 11 is 0. The molecule has 3 aromatic rings. The minimum Gasteiger partial charge on any atom is -0.466 e. The van der Waals surface area contributed by atoms with Crippen LogP contribution in [0.5, 0.6) is 6.01 Å². The average Bonchev–Trinajstić information content (AvgIpc) is 2.94. The van der Waals surface area contributed by atoms with Crippen LogP contribution in [0.1, 0.15) is 0 Å². The van der Waals surface area contributed by atoms with E-state index in [1.54, 1.807) is 0 Å². The molecule has 3 aromatic heterocycles. The molecule has 86 valence electrons. The summed E-state index contributed by atoms with van der Waals surface area (Å²) in [6, 6.07) is 0.175. The van der Waals surface area contributed by atoms with Crippen molar-refractivity contribution in [1.29, 1.82) is 0 Å². The van der Waals surface area contributed by atoms with Crippen molar-refractivity contribution in [3.05, 3.63) is 12.7 Å². The van der Waals surface area contributed by atoms with Gasteiger partial charge in [0.05, 0.1) is 13.4 Å².